The van der Waals surface area contributed by atoms with E-state index in [0.29, 0.717) is 0 Å². The molecule has 1 atom stereocenters. The number of nitrogen functional groups attached to an aromatic ring is 4. The number of nitrogens with one attached hydrogen (secondary N) is 2. The van der Waals surface area contributed by atoms with Crippen molar-refractivity contribution < 1.29 is 5.11 Å². The molecule has 2 aromatic rings. The molecule has 0 aliphatic heterocycles. The number of anilines is 4. The molecule has 0 aliphatic carbocycles. The Morgan fingerprint density at radius 3 is 2.39 bits per heavy atom. The molecule has 2 aromatic heterocycles. The predicted octanol–water partition coefficient (Wildman–Crippen LogP) is -2.04. The van der Waals surface area contributed by atoms with Gasteiger partial charge in [-0.05, 0) is 0 Å². The minimum absolute atomic E-state index is 0.0456. The monoisotopic (exact) mass is 254 g/mol. The smallest absolute Gasteiger partial charge is 0.292 e. The van der Waals surface area contributed by atoms with E-state index in [0.717, 1.165) is 4.68 Å². The molecule has 18 heavy (non-hydrogen) atoms. The summed E-state index contributed by atoms with van der Waals surface area (Å²) in [7, 11) is 0. The first-order valence-corrected chi connectivity index (χ1v) is 5.02. The molecule has 2 heterocycles. The third kappa shape index (κ3) is 1.73. The number of aliphatic hydroxyl groups is 1. The van der Waals surface area contributed by atoms with Gasteiger partial charge in [-0.15, -0.1) is 0 Å². The Hall–Kier alpha value is -2.62. The zero-order chi connectivity index (χ0) is 13.4. The molecule has 0 bridgehead atoms. The Kier molecular flexibility index (Phi) is 2.63. The van der Waals surface area contributed by atoms with Gasteiger partial charge in [-0.2, -0.15) is 5.10 Å². The van der Waals surface area contributed by atoms with Crippen molar-refractivity contribution >= 4 is 23.0 Å². The summed E-state index contributed by atoms with van der Waals surface area (Å²) in [5.74, 6) is 0.131. The third-order valence-corrected chi connectivity index (χ3v) is 2.57. The second kappa shape index (κ2) is 4.00. The Morgan fingerprint density at radius 1 is 1.28 bits per heavy atom. The number of nitrogens with two attached hydrogens (primary N) is 4. The van der Waals surface area contributed by atoms with E-state index in [-0.39, 0.29) is 35.2 Å². The SMILES string of the molecule is Nc1n[nH]c(C(O)Cn2[nH]c(N)c(N)c2=O)c1N. The highest BCUT2D eigenvalue weighted by Gasteiger charge is 2.19. The van der Waals surface area contributed by atoms with Crippen LogP contribution in [0.25, 0.3) is 0 Å². The van der Waals surface area contributed by atoms with Gasteiger partial charge >= 0.3 is 0 Å². The molecule has 0 spiro atoms. The molecule has 10 nitrogen and oxygen atoms in total. The maximum Gasteiger partial charge on any atom is 0.292 e. The van der Waals surface area contributed by atoms with Gasteiger partial charge < -0.3 is 28.0 Å². The molecule has 11 N–H and O–H groups in total. The van der Waals surface area contributed by atoms with Crippen molar-refractivity contribution in [3.8, 4) is 0 Å². The summed E-state index contributed by atoms with van der Waals surface area (Å²) in [5, 5.41) is 18.6. The van der Waals surface area contributed by atoms with Gasteiger partial charge in [-0.25, -0.2) is 4.68 Å². The first-order valence-electron chi connectivity index (χ1n) is 5.02. The van der Waals surface area contributed by atoms with E-state index >= 15 is 0 Å². The Bertz CT molecular complexity index is 624. The molecule has 0 radical (unpaired) electrons. The zero-order valence-electron chi connectivity index (χ0n) is 9.34. The van der Waals surface area contributed by atoms with E-state index < -0.39 is 11.7 Å². The molecule has 0 amide bonds. The minimum atomic E-state index is -1.09. The number of aliphatic hydroxyl groups excluding tert-OH is 1. The first-order chi connectivity index (χ1) is 8.41. The van der Waals surface area contributed by atoms with Crippen molar-refractivity contribution in [3.05, 3.63) is 16.0 Å². The number of aromatic nitrogens is 4. The van der Waals surface area contributed by atoms with Gasteiger partial charge in [0.05, 0.1) is 12.2 Å². The molecule has 2 rings (SSSR count). The summed E-state index contributed by atoms with van der Waals surface area (Å²) < 4.78 is 1.08. The quantitative estimate of drug-likeness (QED) is 0.328. The largest absolute Gasteiger partial charge is 0.394 e. The molecule has 98 valence electrons. The number of rotatable bonds is 3. The number of aromatic amines is 2. The molecule has 0 saturated carbocycles. The Balaban J connectivity index is 2.27. The Labute approximate surface area is 101 Å². The second-order valence-corrected chi connectivity index (χ2v) is 3.81. The standard InChI is InChI=1S/C8H14N8O2/c9-3-5(13-14-6(3)11)2(17)1-16-8(18)4(10)7(12)15-16/h2,15,17H,1,9-10,12H2,(H3,11,13,14). The lowest BCUT2D eigenvalue weighted by atomic mass is 10.2. The van der Waals surface area contributed by atoms with Gasteiger partial charge in [0, 0.05) is 0 Å². The molecular weight excluding hydrogens is 240 g/mol. The van der Waals surface area contributed by atoms with Crippen LogP contribution >= 0.6 is 0 Å². The number of H-pyrrole nitrogens is 2. The molecular formula is C8H14N8O2. The fourth-order valence-corrected chi connectivity index (χ4v) is 1.54. The van der Waals surface area contributed by atoms with Gasteiger partial charge in [0.15, 0.2) is 5.82 Å². The molecule has 0 fully saturated rings. The van der Waals surface area contributed by atoms with Crippen LogP contribution in [0.2, 0.25) is 0 Å². The van der Waals surface area contributed by atoms with E-state index in [9.17, 15) is 9.90 Å². The average molecular weight is 254 g/mol. The van der Waals surface area contributed by atoms with E-state index in [1.165, 1.54) is 0 Å². The van der Waals surface area contributed by atoms with Gasteiger partial charge in [0.25, 0.3) is 5.56 Å². The van der Waals surface area contributed by atoms with E-state index in [1.807, 2.05) is 0 Å². The van der Waals surface area contributed by atoms with Gasteiger partial charge in [0.1, 0.15) is 23.3 Å². The molecule has 0 aromatic carbocycles. The van der Waals surface area contributed by atoms with E-state index in [1.54, 1.807) is 0 Å². The summed E-state index contributed by atoms with van der Waals surface area (Å²) in [6.07, 6.45) is -1.09. The average Bonchev–Trinajstić information content (AvgIpc) is 2.77. The van der Waals surface area contributed by atoms with Crippen molar-refractivity contribution in [2.24, 2.45) is 0 Å². The van der Waals surface area contributed by atoms with Crippen LogP contribution in [0.1, 0.15) is 11.8 Å². The number of nitrogens with zero attached hydrogens (tertiary/aromatic N) is 2. The maximum absolute atomic E-state index is 11.6. The minimum Gasteiger partial charge on any atom is -0.394 e. The summed E-state index contributed by atoms with van der Waals surface area (Å²) >= 11 is 0. The highest BCUT2D eigenvalue weighted by atomic mass is 16.3. The molecule has 10 heteroatoms. The van der Waals surface area contributed by atoms with Crippen LogP contribution in [0, 0.1) is 0 Å². The van der Waals surface area contributed by atoms with Gasteiger partial charge in [-0.3, -0.25) is 15.0 Å². The fraction of sp³-hybridized carbons (Fsp3) is 0.250. The van der Waals surface area contributed by atoms with Crippen molar-refractivity contribution in [2.75, 3.05) is 22.9 Å². The van der Waals surface area contributed by atoms with Crippen LogP contribution in [0.3, 0.4) is 0 Å². The van der Waals surface area contributed by atoms with Crippen molar-refractivity contribution in [1.82, 2.24) is 20.0 Å². The molecule has 1 unspecified atom stereocenters. The summed E-state index contributed by atoms with van der Waals surface area (Å²) in [6, 6.07) is 0. The predicted molar refractivity (Wildman–Crippen MR) is 66.2 cm³/mol. The lowest BCUT2D eigenvalue weighted by Gasteiger charge is -2.09. The third-order valence-electron chi connectivity index (χ3n) is 2.57. The van der Waals surface area contributed by atoms with Gasteiger partial charge in [0.2, 0.25) is 0 Å². The molecule has 0 saturated heterocycles. The van der Waals surface area contributed by atoms with Gasteiger partial charge in [-0.1, -0.05) is 0 Å². The lowest BCUT2D eigenvalue weighted by Crippen LogP contribution is -2.22. The van der Waals surface area contributed by atoms with Crippen molar-refractivity contribution in [2.45, 2.75) is 12.6 Å². The number of hydrogen-bond acceptors (Lipinski definition) is 7. The van der Waals surface area contributed by atoms with Crippen LogP contribution in [-0.2, 0) is 6.54 Å². The highest BCUT2D eigenvalue weighted by Crippen LogP contribution is 2.23. The highest BCUT2D eigenvalue weighted by molar-refractivity contribution is 5.61. The van der Waals surface area contributed by atoms with Crippen LogP contribution in [-0.4, -0.2) is 25.1 Å². The fourth-order valence-electron chi connectivity index (χ4n) is 1.54. The first kappa shape index (κ1) is 11.9. The topological polar surface area (TPSA) is 191 Å². The number of hydrogen-bond donors (Lipinski definition) is 7. The second-order valence-electron chi connectivity index (χ2n) is 3.81. The maximum atomic E-state index is 11.6. The van der Waals surface area contributed by atoms with Crippen molar-refractivity contribution in [3.63, 3.8) is 0 Å². The lowest BCUT2D eigenvalue weighted by molar-refractivity contribution is 0.146. The summed E-state index contributed by atoms with van der Waals surface area (Å²) in [4.78, 5) is 11.6. The van der Waals surface area contributed by atoms with Crippen LogP contribution in [0.5, 0.6) is 0 Å². The van der Waals surface area contributed by atoms with Crippen molar-refractivity contribution in [1.29, 1.82) is 0 Å². The summed E-state index contributed by atoms with van der Waals surface area (Å²) in [6.45, 7) is -0.105. The molecule has 0 aliphatic rings. The zero-order valence-corrected chi connectivity index (χ0v) is 9.34. The summed E-state index contributed by atoms with van der Waals surface area (Å²) in [5.41, 5.74) is 21.7. The van der Waals surface area contributed by atoms with Crippen LogP contribution in [0.15, 0.2) is 4.79 Å². The van der Waals surface area contributed by atoms with Crippen LogP contribution < -0.4 is 28.5 Å². The normalized spacial score (nSPS) is 12.7. The van der Waals surface area contributed by atoms with E-state index in [4.69, 9.17) is 22.9 Å². The Morgan fingerprint density at radius 2 is 1.94 bits per heavy atom. The van der Waals surface area contributed by atoms with Crippen LogP contribution in [0.4, 0.5) is 23.0 Å². The van der Waals surface area contributed by atoms with E-state index in [2.05, 4.69) is 15.3 Å².